The Morgan fingerprint density at radius 2 is 0.709 bits per heavy atom. The van der Waals surface area contributed by atoms with E-state index in [9.17, 15) is 14.4 Å². The van der Waals surface area contributed by atoms with Crippen molar-refractivity contribution < 1.29 is 28.6 Å². The first-order valence-electron chi connectivity index (χ1n) is 22.8. The average molecular weight is 769 g/mol. The number of hydrogen-bond donors (Lipinski definition) is 0. The summed E-state index contributed by atoms with van der Waals surface area (Å²) in [4.78, 5) is 37.5. The van der Waals surface area contributed by atoms with Gasteiger partial charge in [0.1, 0.15) is 13.2 Å². The molecule has 0 fully saturated rings. The van der Waals surface area contributed by atoms with Crippen molar-refractivity contribution in [1.29, 1.82) is 0 Å². The lowest BCUT2D eigenvalue weighted by Gasteiger charge is -2.18. The quantitative estimate of drug-likeness (QED) is 0.0267. The van der Waals surface area contributed by atoms with Crippen molar-refractivity contribution in [3.05, 3.63) is 60.8 Å². The molecule has 6 heteroatoms. The molecule has 0 saturated carbocycles. The zero-order valence-electron chi connectivity index (χ0n) is 35.9. The minimum atomic E-state index is -0.778. The molecule has 0 rings (SSSR count). The Balaban J connectivity index is 4.28. The van der Waals surface area contributed by atoms with E-state index in [2.05, 4.69) is 81.5 Å². The second kappa shape index (κ2) is 43.8. The molecule has 1 unspecified atom stereocenters. The average Bonchev–Trinajstić information content (AvgIpc) is 3.18. The molecule has 0 aliphatic heterocycles. The highest BCUT2D eigenvalue weighted by atomic mass is 16.6. The summed E-state index contributed by atoms with van der Waals surface area (Å²) in [6.45, 7) is 6.40. The number of esters is 3. The van der Waals surface area contributed by atoms with E-state index in [1.807, 2.05) is 0 Å². The van der Waals surface area contributed by atoms with Gasteiger partial charge in [0.05, 0.1) is 0 Å². The Labute approximate surface area is 339 Å². The van der Waals surface area contributed by atoms with Gasteiger partial charge in [-0.3, -0.25) is 14.4 Å². The van der Waals surface area contributed by atoms with Crippen LogP contribution in [0.4, 0.5) is 0 Å². The molecular weight excluding hydrogens is 685 g/mol. The fourth-order valence-electron chi connectivity index (χ4n) is 6.07. The van der Waals surface area contributed by atoms with E-state index in [0.717, 1.165) is 103 Å². The molecule has 0 N–H and O–H groups in total. The molecule has 0 aliphatic carbocycles. The van der Waals surface area contributed by atoms with Gasteiger partial charge >= 0.3 is 17.9 Å². The molecule has 0 aromatic heterocycles. The van der Waals surface area contributed by atoms with Crippen LogP contribution in [0.1, 0.15) is 213 Å². The van der Waals surface area contributed by atoms with Crippen LogP contribution < -0.4 is 0 Å². The van der Waals surface area contributed by atoms with Crippen molar-refractivity contribution in [3.8, 4) is 0 Å². The summed E-state index contributed by atoms with van der Waals surface area (Å²) in [5.74, 6) is -0.920. The molecule has 55 heavy (non-hydrogen) atoms. The molecule has 0 bridgehead atoms. The molecule has 0 amide bonds. The molecule has 0 aromatic carbocycles. The van der Waals surface area contributed by atoms with Gasteiger partial charge in [0.2, 0.25) is 0 Å². The number of unbranched alkanes of at least 4 members (excludes halogenated alkanes) is 19. The number of rotatable bonds is 40. The van der Waals surface area contributed by atoms with Crippen LogP contribution in [0, 0.1) is 0 Å². The highest BCUT2D eigenvalue weighted by molar-refractivity contribution is 5.71. The zero-order valence-corrected chi connectivity index (χ0v) is 35.9. The maximum Gasteiger partial charge on any atom is 0.306 e. The van der Waals surface area contributed by atoms with Crippen LogP contribution >= 0.6 is 0 Å². The molecule has 0 heterocycles. The normalized spacial score (nSPS) is 12.6. The smallest absolute Gasteiger partial charge is 0.306 e. The fourth-order valence-corrected chi connectivity index (χ4v) is 6.07. The second-order valence-electron chi connectivity index (χ2n) is 14.9. The van der Waals surface area contributed by atoms with Gasteiger partial charge in [0.25, 0.3) is 0 Å². The van der Waals surface area contributed by atoms with Gasteiger partial charge in [0.15, 0.2) is 6.10 Å². The lowest BCUT2D eigenvalue weighted by Crippen LogP contribution is -2.30. The summed E-state index contributed by atoms with van der Waals surface area (Å²) in [5, 5.41) is 0. The summed E-state index contributed by atoms with van der Waals surface area (Å²) in [5.41, 5.74) is 0. The third kappa shape index (κ3) is 42.1. The van der Waals surface area contributed by atoms with Gasteiger partial charge in [-0.2, -0.15) is 0 Å². The Hall–Kier alpha value is -2.89. The van der Waals surface area contributed by atoms with Gasteiger partial charge in [0, 0.05) is 19.3 Å². The topological polar surface area (TPSA) is 78.9 Å². The van der Waals surface area contributed by atoms with Crippen LogP contribution in [0.25, 0.3) is 0 Å². The second-order valence-corrected chi connectivity index (χ2v) is 14.9. The van der Waals surface area contributed by atoms with Crippen LogP contribution in [0.5, 0.6) is 0 Å². The van der Waals surface area contributed by atoms with E-state index in [1.165, 1.54) is 70.6 Å². The standard InChI is InChI=1S/C49H84O6/c1-4-7-10-13-16-18-20-22-23-24-25-26-27-28-30-31-33-36-39-42-48(51)54-45-46(44-53-47(50)41-38-35-15-12-9-6-3)55-49(52)43-40-37-34-32-29-21-19-17-14-11-8-5-2/h7,10,16-19,22-23,25-26,46H,4-6,8-9,11-15,20-21,24,27-45H2,1-3H3/b10-7-,18-16-,19-17-,23-22-,26-25-. The molecule has 0 radical (unpaired) electrons. The van der Waals surface area contributed by atoms with Crippen LogP contribution in [-0.4, -0.2) is 37.2 Å². The van der Waals surface area contributed by atoms with Gasteiger partial charge in [-0.1, -0.05) is 171 Å². The molecule has 0 saturated heterocycles. The third-order valence-corrected chi connectivity index (χ3v) is 9.51. The lowest BCUT2D eigenvalue weighted by atomic mass is 10.1. The first-order chi connectivity index (χ1) is 27.0. The van der Waals surface area contributed by atoms with Gasteiger partial charge in [-0.15, -0.1) is 0 Å². The first kappa shape index (κ1) is 52.1. The summed E-state index contributed by atoms with van der Waals surface area (Å²) >= 11 is 0. The van der Waals surface area contributed by atoms with Crippen molar-refractivity contribution in [2.24, 2.45) is 0 Å². The van der Waals surface area contributed by atoms with Crippen LogP contribution in [0.3, 0.4) is 0 Å². The highest BCUT2D eigenvalue weighted by Gasteiger charge is 2.19. The molecular formula is C49H84O6. The minimum absolute atomic E-state index is 0.0828. The fraction of sp³-hybridized carbons (Fsp3) is 0.735. The number of carbonyl (C=O) groups is 3. The van der Waals surface area contributed by atoms with Crippen molar-refractivity contribution in [2.45, 2.75) is 219 Å². The summed E-state index contributed by atoms with van der Waals surface area (Å²) < 4.78 is 16.6. The Morgan fingerprint density at radius 3 is 1.16 bits per heavy atom. The SMILES string of the molecule is CC/C=C\C/C=C\C/C=C\C/C=C\CCCCCCCCC(=O)OCC(COC(=O)CCCCCCCC)OC(=O)CCCCCCC/C=C\CCCCC. The number of allylic oxidation sites excluding steroid dienone is 10. The molecule has 0 aromatic rings. The molecule has 0 spiro atoms. The summed E-state index contributed by atoms with van der Waals surface area (Å²) in [6, 6.07) is 0. The largest absolute Gasteiger partial charge is 0.462 e. The maximum atomic E-state index is 12.7. The Morgan fingerprint density at radius 1 is 0.382 bits per heavy atom. The van der Waals surface area contributed by atoms with E-state index >= 15 is 0 Å². The predicted octanol–water partition coefficient (Wildman–Crippen LogP) is 14.5. The van der Waals surface area contributed by atoms with Gasteiger partial charge in [-0.25, -0.2) is 0 Å². The number of carbonyl (C=O) groups excluding carboxylic acids is 3. The van der Waals surface area contributed by atoms with E-state index in [0.29, 0.717) is 19.3 Å². The van der Waals surface area contributed by atoms with Crippen molar-refractivity contribution in [1.82, 2.24) is 0 Å². The molecule has 0 aliphatic rings. The Bertz CT molecular complexity index is 1020. The molecule has 316 valence electrons. The number of hydrogen-bond acceptors (Lipinski definition) is 6. The highest BCUT2D eigenvalue weighted by Crippen LogP contribution is 2.13. The zero-order chi connectivity index (χ0) is 40.1. The Kier molecular flexibility index (Phi) is 41.5. The molecule has 1 atom stereocenters. The van der Waals surface area contributed by atoms with E-state index in [1.54, 1.807) is 0 Å². The maximum absolute atomic E-state index is 12.7. The van der Waals surface area contributed by atoms with E-state index in [-0.39, 0.29) is 31.1 Å². The lowest BCUT2D eigenvalue weighted by molar-refractivity contribution is -0.167. The van der Waals surface area contributed by atoms with Crippen LogP contribution in [0.15, 0.2) is 60.8 Å². The minimum Gasteiger partial charge on any atom is -0.462 e. The predicted molar refractivity (Wildman–Crippen MR) is 233 cm³/mol. The van der Waals surface area contributed by atoms with Crippen molar-refractivity contribution in [2.75, 3.05) is 13.2 Å². The monoisotopic (exact) mass is 769 g/mol. The summed E-state index contributed by atoms with van der Waals surface area (Å²) in [6.07, 6.45) is 52.2. The van der Waals surface area contributed by atoms with E-state index < -0.39 is 6.10 Å². The van der Waals surface area contributed by atoms with Crippen LogP contribution in [-0.2, 0) is 28.6 Å². The van der Waals surface area contributed by atoms with E-state index in [4.69, 9.17) is 14.2 Å². The number of ether oxygens (including phenoxy) is 3. The third-order valence-electron chi connectivity index (χ3n) is 9.51. The first-order valence-corrected chi connectivity index (χ1v) is 22.8. The van der Waals surface area contributed by atoms with Crippen molar-refractivity contribution in [3.63, 3.8) is 0 Å². The molecule has 6 nitrogen and oxygen atoms in total. The van der Waals surface area contributed by atoms with Crippen LogP contribution in [0.2, 0.25) is 0 Å². The van der Waals surface area contributed by atoms with Gasteiger partial charge < -0.3 is 14.2 Å². The summed E-state index contributed by atoms with van der Waals surface area (Å²) in [7, 11) is 0. The van der Waals surface area contributed by atoms with Gasteiger partial charge in [-0.05, 0) is 83.5 Å². The van der Waals surface area contributed by atoms with Crippen molar-refractivity contribution >= 4 is 17.9 Å².